The van der Waals surface area contributed by atoms with Crippen molar-refractivity contribution in [3.63, 3.8) is 0 Å². The molecule has 2 aromatic carbocycles. The fourth-order valence-electron chi connectivity index (χ4n) is 3.85. The first-order valence-electron chi connectivity index (χ1n) is 13.6. The lowest BCUT2D eigenvalue weighted by atomic mass is 10.0. The molecule has 4 amide bonds. The van der Waals surface area contributed by atoms with Crippen LogP contribution in [0.15, 0.2) is 35.8 Å². The van der Waals surface area contributed by atoms with Crippen LogP contribution in [-0.2, 0) is 14.3 Å². The highest BCUT2D eigenvalue weighted by Gasteiger charge is 2.35. The van der Waals surface area contributed by atoms with Crippen molar-refractivity contribution in [2.45, 2.75) is 39.8 Å². The third kappa shape index (κ3) is 11.1. The number of aliphatic hydroxyl groups excluding tert-OH is 1. The van der Waals surface area contributed by atoms with Crippen LogP contribution in [0.25, 0.3) is 11.1 Å². The number of benzene rings is 2. The first-order chi connectivity index (χ1) is 21.8. The van der Waals surface area contributed by atoms with Crippen molar-refractivity contribution in [3.05, 3.63) is 78.1 Å². The van der Waals surface area contributed by atoms with Crippen LogP contribution in [0.5, 0.6) is 0 Å². The predicted molar refractivity (Wildman–Crippen MR) is 191 cm³/mol. The Morgan fingerprint density at radius 1 is 0.723 bits per heavy atom. The van der Waals surface area contributed by atoms with Crippen molar-refractivity contribution in [1.29, 1.82) is 0 Å². The van der Waals surface area contributed by atoms with Gasteiger partial charge in [0.25, 0.3) is 11.8 Å². The van der Waals surface area contributed by atoms with Gasteiger partial charge in [-0.25, -0.2) is 4.79 Å². The normalized spacial score (nSPS) is 16.5. The van der Waals surface area contributed by atoms with E-state index in [1.54, 1.807) is 66.3 Å². The largest absolute Gasteiger partial charge is 0.509 e. The molecule has 2 aliphatic rings. The Labute approximate surface area is 304 Å². The van der Waals surface area contributed by atoms with E-state index in [1.165, 1.54) is 16.2 Å². The fraction of sp³-hybridized carbons (Fsp3) is 0.355. The molecule has 0 saturated carbocycles. The summed E-state index contributed by atoms with van der Waals surface area (Å²) in [5.74, 6) is -0.449. The van der Waals surface area contributed by atoms with E-state index in [0.29, 0.717) is 31.2 Å². The van der Waals surface area contributed by atoms with Crippen LogP contribution in [0.4, 0.5) is 9.59 Å². The first-order valence-corrected chi connectivity index (χ1v) is 16.3. The second-order valence-corrected chi connectivity index (χ2v) is 12.4. The van der Waals surface area contributed by atoms with Gasteiger partial charge in [0.05, 0.1) is 23.2 Å². The minimum atomic E-state index is -0.565. The molecule has 0 bridgehead atoms. The Bertz CT molecular complexity index is 1590. The average Bonchev–Trinajstić information content (AvgIpc) is 3.41. The van der Waals surface area contributed by atoms with E-state index in [1.807, 2.05) is 13.8 Å². The maximum atomic E-state index is 12.2. The number of nitrogens with zero attached hydrogens (tertiary/aromatic N) is 2. The maximum Gasteiger partial charge on any atom is 0.414 e. The minimum Gasteiger partial charge on any atom is -0.509 e. The number of alkyl halides is 1. The van der Waals surface area contributed by atoms with Gasteiger partial charge in [0.2, 0.25) is 0 Å². The number of aliphatic hydroxyl groups is 1. The number of carbonyl (C=O) groups excluding carboxylic acids is 4. The fourth-order valence-corrected chi connectivity index (χ4v) is 4.80. The molecule has 47 heavy (non-hydrogen) atoms. The van der Waals surface area contributed by atoms with Crippen LogP contribution >= 0.6 is 69.6 Å². The molecule has 2 aromatic rings. The molecule has 0 aromatic heterocycles. The highest BCUT2D eigenvalue weighted by Crippen LogP contribution is 2.36. The molecule has 0 aliphatic carbocycles. The van der Waals surface area contributed by atoms with Crippen molar-refractivity contribution in [1.82, 2.24) is 20.4 Å². The van der Waals surface area contributed by atoms with E-state index in [2.05, 4.69) is 22.2 Å². The van der Waals surface area contributed by atoms with Gasteiger partial charge in [-0.05, 0) is 74.7 Å². The lowest BCUT2D eigenvalue weighted by molar-refractivity contribution is -0.116. The van der Waals surface area contributed by atoms with Crippen LogP contribution in [0, 0.1) is 13.8 Å². The summed E-state index contributed by atoms with van der Waals surface area (Å²) in [6, 6.07) is 5.73. The number of aryl methyl sites for hydroxylation is 2. The zero-order valence-electron chi connectivity index (χ0n) is 27.1. The highest BCUT2D eigenvalue weighted by atomic mass is 35.5. The molecule has 258 valence electrons. The van der Waals surface area contributed by atoms with E-state index in [0.717, 1.165) is 11.1 Å². The monoisotopic (exact) mass is 770 g/mol. The van der Waals surface area contributed by atoms with Gasteiger partial charge < -0.3 is 30.3 Å². The van der Waals surface area contributed by atoms with E-state index in [-0.39, 0.29) is 34.5 Å². The number of halogens is 6. The molecule has 4 rings (SSSR count). The van der Waals surface area contributed by atoms with Gasteiger partial charge in [0.1, 0.15) is 11.5 Å². The number of hydrogen-bond donors (Lipinski definition) is 3. The Morgan fingerprint density at radius 2 is 1.11 bits per heavy atom. The molecule has 2 unspecified atom stereocenters. The highest BCUT2D eigenvalue weighted by molar-refractivity contribution is 6.62. The molecule has 2 heterocycles. The number of ether oxygens (including phenoxy) is 1. The first kappa shape index (κ1) is 42.2. The molecule has 2 atom stereocenters. The van der Waals surface area contributed by atoms with Gasteiger partial charge in [-0.1, -0.05) is 46.4 Å². The van der Waals surface area contributed by atoms with Crippen molar-refractivity contribution in [2.75, 3.05) is 34.6 Å². The van der Waals surface area contributed by atoms with Crippen molar-refractivity contribution in [2.24, 2.45) is 0 Å². The second-order valence-electron chi connectivity index (χ2n) is 10.5. The lowest BCUT2D eigenvalue weighted by Gasteiger charge is -2.15. The summed E-state index contributed by atoms with van der Waals surface area (Å²) in [4.78, 5) is 48.1. The third-order valence-corrected chi connectivity index (χ3v) is 8.18. The molecular weight excluding hydrogens is 737 g/mol. The smallest absolute Gasteiger partial charge is 0.414 e. The van der Waals surface area contributed by atoms with Crippen molar-refractivity contribution >= 4 is 104 Å². The summed E-state index contributed by atoms with van der Waals surface area (Å²) in [6.07, 6.45) is 0.908. The van der Waals surface area contributed by atoms with Gasteiger partial charge in [-0.3, -0.25) is 14.4 Å². The number of rotatable bonds is 3. The summed E-state index contributed by atoms with van der Waals surface area (Å²) in [5, 5.41) is 16.5. The Kier molecular flexibility index (Phi) is 16.7. The molecule has 0 saturated heterocycles. The van der Waals surface area contributed by atoms with Crippen molar-refractivity contribution in [3.8, 4) is 0 Å². The zero-order valence-corrected chi connectivity index (χ0v) is 31.7. The third-order valence-electron chi connectivity index (χ3n) is 6.40. The Morgan fingerprint density at radius 3 is 1.47 bits per heavy atom. The van der Waals surface area contributed by atoms with Crippen LogP contribution in [-0.4, -0.2) is 84.8 Å². The standard InChI is InChI=1S/C15H16Cl2N2O3.C12H11Cl2NO2.C3H6ClNO.CH3Cl/c1-7-5-11(17)9(6-10(7)16)12-13(8(2)18-14(12)20)22-15(21)19(3)4;1-5-3-9(14)7(4-8(5)13)10-11(16)6(2)15-12(10)17;1-5(2)3(4)6;1-2/h5-6,8H,1-4H3,(H,18,20);3-4,6,16H,1-2H3,(H,15,17);1-2H3;1H3. The minimum absolute atomic E-state index is 0.00294. The van der Waals surface area contributed by atoms with E-state index >= 15 is 0 Å². The van der Waals surface area contributed by atoms with E-state index in [4.69, 9.17) is 62.7 Å². The molecule has 10 nitrogen and oxygen atoms in total. The quantitative estimate of drug-likeness (QED) is 0.165. The van der Waals surface area contributed by atoms with Gasteiger partial charge in [-0.2, -0.15) is 0 Å². The summed E-state index contributed by atoms with van der Waals surface area (Å²) < 4.78 is 5.33. The lowest BCUT2D eigenvalue weighted by Crippen LogP contribution is -2.29. The molecule has 0 spiro atoms. The van der Waals surface area contributed by atoms with Crippen LogP contribution in [0.1, 0.15) is 36.1 Å². The molecule has 0 fully saturated rings. The molecule has 0 radical (unpaired) electrons. The summed E-state index contributed by atoms with van der Waals surface area (Å²) in [5.41, 5.74) is 2.96. The summed E-state index contributed by atoms with van der Waals surface area (Å²) in [7, 11) is 6.31. The van der Waals surface area contributed by atoms with Crippen LogP contribution in [0.2, 0.25) is 20.1 Å². The van der Waals surface area contributed by atoms with Gasteiger partial charge in [0, 0.05) is 65.8 Å². The molecule has 2 aliphatic heterocycles. The molecule has 16 heteroatoms. The van der Waals surface area contributed by atoms with E-state index in [9.17, 15) is 24.3 Å². The van der Waals surface area contributed by atoms with E-state index < -0.39 is 23.5 Å². The predicted octanol–water partition coefficient (Wildman–Crippen LogP) is 8.08. The zero-order chi connectivity index (χ0) is 36.5. The average molecular weight is 773 g/mol. The van der Waals surface area contributed by atoms with Crippen molar-refractivity contribution < 1.29 is 29.0 Å². The maximum absolute atomic E-state index is 12.2. The number of carbonyl (C=O) groups is 4. The second kappa shape index (κ2) is 18.6. The van der Waals surface area contributed by atoms with Gasteiger partial charge in [0.15, 0.2) is 0 Å². The number of amides is 4. The van der Waals surface area contributed by atoms with Crippen LogP contribution < -0.4 is 10.6 Å². The topological polar surface area (TPSA) is 128 Å². The van der Waals surface area contributed by atoms with Crippen LogP contribution in [0.3, 0.4) is 0 Å². The number of hydrogen-bond acceptors (Lipinski definition) is 6. The Balaban J connectivity index is 0.000000391. The summed E-state index contributed by atoms with van der Waals surface area (Å²) in [6.45, 7) is 7.07. The van der Waals surface area contributed by atoms with Gasteiger partial charge >= 0.3 is 11.5 Å². The molecular formula is C31H36Cl6N4O6. The molecule has 3 N–H and O–H groups in total. The number of nitrogens with one attached hydrogen (secondary N) is 2. The summed E-state index contributed by atoms with van der Waals surface area (Å²) >= 11 is 34.0. The van der Waals surface area contributed by atoms with Gasteiger partial charge in [-0.15, -0.1) is 11.6 Å². The SMILES string of the molecule is CCl.CN(C)C(=O)Cl.Cc1cc(Cl)c(C2=C(O)C(C)NC2=O)cc1Cl.Cc1cc(Cl)c(C2=C(OC(=O)N(C)C)C(C)NC2=O)cc1Cl. The Hall–Kier alpha value is -2.86.